The first-order valence-corrected chi connectivity index (χ1v) is 7.36. The largest absolute Gasteiger partial charge is 0.490 e. The smallest absolute Gasteiger partial charge is 0.161 e. The molecule has 1 aromatic heterocycles. The Balaban J connectivity index is 2.09. The standard InChI is InChI=1S/C16H23N3O2/c1-3-7-19-12-18-10-14(19)11-21-15-6-5-13(9-17)8-16(15)20-4-2/h5-6,8,10,12H,3-4,7,9,11,17H2,1-2H3. The van der Waals surface area contributed by atoms with Crippen LogP contribution >= 0.6 is 0 Å². The fourth-order valence-electron chi connectivity index (χ4n) is 2.13. The third-order valence-electron chi connectivity index (χ3n) is 3.18. The fraction of sp³-hybridized carbons (Fsp3) is 0.438. The van der Waals surface area contributed by atoms with Crippen LogP contribution in [0.2, 0.25) is 0 Å². The van der Waals surface area contributed by atoms with Crippen LogP contribution in [0.25, 0.3) is 0 Å². The maximum atomic E-state index is 5.89. The summed E-state index contributed by atoms with van der Waals surface area (Å²) in [5, 5.41) is 0. The second kappa shape index (κ2) is 7.69. The van der Waals surface area contributed by atoms with E-state index in [1.54, 1.807) is 0 Å². The summed E-state index contributed by atoms with van der Waals surface area (Å²) in [7, 11) is 0. The van der Waals surface area contributed by atoms with Gasteiger partial charge in [0.2, 0.25) is 0 Å². The highest BCUT2D eigenvalue weighted by molar-refractivity contribution is 5.43. The van der Waals surface area contributed by atoms with Crippen molar-refractivity contribution in [2.75, 3.05) is 6.61 Å². The first kappa shape index (κ1) is 15.4. The minimum absolute atomic E-state index is 0.474. The fourth-order valence-corrected chi connectivity index (χ4v) is 2.13. The van der Waals surface area contributed by atoms with E-state index in [9.17, 15) is 0 Å². The molecule has 0 fully saturated rings. The molecule has 0 bridgehead atoms. The zero-order valence-electron chi connectivity index (χ0n) is 12.7. The topological polar surface area (TPSA) is 62.3 Å². The Bertz CT molecular complexity index is 566. The summed E-state index contributed by atoms with van der Waals surface area (Å²) in [6.45, 7) is 6.60. The quantitative estimate of drug-likeness (QED) is 0.811. The van der Waals surface area contributed by atoms with Gasteiger partial charge in [-0.1, -0.05) is 13.0 Å². The lowest BCUT2D eigenvalue weighted by atomic mass is 10.2. The molecule has 0 saturated heterocycles. The van der Waals surface area contributed by atoms with Crippen LogP contribution in [-0.2, 0) is 19.7 Å². The molecule has 0 spiro atoms. The van der Waals surface area contributed by atoms with Gasteiger partial charge < -0.3 is 19.8 Å². The summed E-state index contributed by atoms with van der Waals surface area (Å²) in [5.41, 5.74) is 7.75. The second-order valence-corrected chi connectivity index (χ2v) is 4.79. The van der Waals surface area contributed by atoms with E-state index in [-0.39, 0.29) is 0 Å². The summed E-state index contributed by atoms with van der Waals surface area (Å²) in [5.74, 6) is 1.47. The van der Waals surface area contributed by atoms with E-state index < -0.39 is 0 Å². The van der Waals surface area contributed by atoms with Gasteiger partial charge in [-0.05, 0) is 31.0 Å². The predicted molar refractivity (Wildman–Crippen MR) is 82.4 cm³/mol. The molecule has 21 heavy (non-hydrogen) atoms. The van der Waals surface area contributed by atoms with Gasteiger partial charge in [-0.15, -0.1) is 0 Å². The normalized spacial score (nSPS) is 10.6. The Hall–Kier alpha value is -2.01. The zero-order valence-corrected chi connectivity index (χ0v) is 12.7. The Morgan fingerprint density at radius 1 is 1.19 bits per heavy atom. The molecule has 0 aliphatic carbocycles. The first-order chi connectivity index (χ1) is 10.3. The van der Waals surface area contributed by atoms with Crippen LogP contribution in [0.5, 0.6) is 11.5 Å². The van der Waals surface area contributed by atoms with Gasteiger partial charge in [-0.2, -0.15) is 0 Å². The maximum Gasteiger partial charge on any atom is 0.161 e. The highest BCUT2D eigenvalue weighted by atomic mass is 16.5. The van der Waals surface area contributed by atoms with E-state index in [0.717, 1.165) is 35.7 Å². The van der Waals surface area contributed by atoms with Gasteiger partial charge in [0.05, 0.1) is 24.8 Å². The lowest BCUT2D eigenvalue weighted by Crippen LogP contribution is -2.06. The molecular weight excluding hydrogens is 266 g/mol. The van der Waals surface area contributed by atoms with Gasteiger partial charge in [0, 0.05) is 13.1 Å². The minimum Gasteiger partial charge on any atom is -0.490 e. The van der Waals surface area contributed by atoms with Crippen molar-refractivity contribution in [3.8, 4) is 11.5 Å². The van der Waals surface area contributed by atoms with Crippen molar-refractivity contribution in [3.63, 3.8) is 0 Å². The average molecular weight is 289 g/mol. The first-order valence-electron chi connectivity index (χ1n) is 7.36. The molecule has 5 nitrogen and oxygen atoms in total. The summed E-state index contributed by atoms with van der Waals surface area (Å²) in [4.78, 5) is 4.17. The Morgan fingerprint density at radius 3 is 2.76 bits per heavy atom. The van der Waals surface area contributed by atoms with Crippen molar-refractivity contribution in [2.45, 2.75) is 40.0 Å². The van der Waals surface area contributed by atoms with Gasteiger partial charge in [0.25, 0.3) is 0 Å². The van der Waals surface area contributed by atoms with Crippen molar-refractivity contribution in [1.29, 1.82) is 0 Å². The molecule has 0 aliphatic heterocycles. The molecule has 1 heterocycles. The molecule has 0 unspecified atom stereocenters. The number of imidazole rings is 1. The molecule has 2 N–H and O–H groups in total. The monoisotopic (exact) mass is 289 g/mol. The summed E-state index contributed by atoms with van der Waals surface area (Å²) >= 11 is 0. The Labute approximate surface area is 125 Å². The molecule has 0 radical (unpaired) electrons. The van der Waals surface area contributed by atoms with Crippen LogP contribution in [0.15, 0.2) is 30.7 Å². The summed E-state index contributed by atoms with van der Waals surface area (Å²) < 4.78 is 13.6. The van der Waals surface area contributed by atoms with Crippen molar-refractivity contribution >= 4 is 0 Å². The molecule has 0 amide bonds. The van der Waals surface area contributed by atoms with Crippen LogP contribution in [-0.4, -0.2) is 16.2 Å². The third kappa shape index (κ3) is 3.98. The van der Waals surface area contributed by atoms with Crippen LogP contribution in [0, 0.1) is 0 Å². The van der Waals surface area contributed by atoms with Crippen molar-refractivity contribution in [2.24, 2.45) is 5.73 Å². The average Bonchev–Trinajstić information content (AvgIpc) is 2.94. The van der Waals surface area contributed by atoms with E-state index in [4.69, 9.17) is 15.2 Å². The zero-order chi connectivity index (χ0) is 15.1. The number of aryl methyl sites for hydroxylation is 1. The second-order valence-electron chi connectivity index (χ2n) is 4.79. The maximum absolute atomic E-state index is 5.89. The van der Waals surface area contributed by atoms with E-state index in [1.807, 2.05) is 37.6 Å². The van der Waals surface area contributed by atoms with E-state index in [1.165, 1.54) is 0 Å². The summed E-state index contributed by atoms with van der Waals surface area (Å²) in [6, 6.07) is 5.80. The minimum atomic E-state index is 0.474. The van der Waals surface area contributed by atoms with Crippen molar-refractivity contribution < 1.29 is 9.47 Å². The molecule has 1 aromatic carbocycles. The number of benzene rings is 1. The predicted octanol–water partition coefficient (Wildman–Crippen LogP) is 2.73. The van der Waals surface area contributed by atoms with Crippen LogP contribution in [0.4, 0.5) is 0 Å². The van der Waals surface area contributed by atoms with E-state index in [2.05, 4.69) is 16.5 Å². The third-order valence-corrected chi connectivity index (χ3v) is 3.18. The van der Waals surface area contributed by atoms with Gasteiger partial charge in [0.15, 0.2) is 11.5 Å². The number of hydrogen-bond acceptors (Lipinski definition) is 4. The van der Waals surface area contributed by atoms with Gasteiger partial charge in [-0.25, -0.2) is 4.98 Å². The lowest BCUT2D eigenvalue weighted by molar-refractivity contribution is 0.262. The molecule has 0 aliphatic rings. The van der Waals surface area contributed by atoms with Crippen LogP contribution < -0.4 is 15.2 Å². The molecule has 114 valence electrons. The number of aromatic nitrogens is 2. The Morgan fingerprint density at radius 2 is 2.05 bits per heavy atom. The highest BCUT2D eigenvalue weighted by Gasteiger charge is 2.08. The number of nitrogens with two attached hydrogens (primary N) is 1. The van der Waals surface area contributed by atoms with Gasteiger partial charge >= 0.3 is 0 Å². The van der Waals surface area contributed by atoms with Gasteiger partial charge in [0.1, 0.15) is 6.61 Å². The SMILES string of the molecule is CCCn1cncc1COc1ccc(CN)cc1OCC. The lowest BCUT2D eigenvalue weighted by Gasteiger charge is -2.14. The number of nitrogens with zero attached hydrogens (tertiary/aromatic N) is 2. The number of rotatable bonds is 8. The van der Waals surface area contributed by atoms with Gasteiger partial charge in [-0.3, -0.25) is 0 Å². The summed E-state index contributed by atoms with van der Waals surface area (Å²) in [6.07, 6.45) is 4.74. The molecule has 2 aromatic rings. The Kier molecular flexibility index (Phi) is 5.63. The molecule has 2 rings (SSSR count). The molecule has 0 atom stereocenters. The molecule has 5 heteroatoms. The van der Waals surface area contributed by atoms with Crippen LogP contribution in [0.3, 0.4) is 0 Å². The van der Waals surface area contributed by atoms with Crippen molar-refractivity contribution in [3.05, 3.63) is 42.0 Å². The van der Waals surface area contributed by atoms with Crippen molar-refractivity contribution in [1.82, 2.24) is 9.55 Å². The van der Waals surface area contributed by atoms with E-state index in [0.29, 0.717) is 19.8 Å². The highest BCUT2D eigenvalue weighted by Crippen LogP contribution is 2.29. The molecule has 0 saturated carbocycles. The molecular formula is C16H23N3O2. The van der Waals surface area contributed by atoms with Crippen LogP contribution in [0.1, 0.15) is 31.5 Å². The number of hydrogen-bond donors (Lipinski definition) is 1. The van der Waals surface area contributed by atoms with E-state index >= 15 is 0 Å². The number of ether oxygens (including phenoxy) is 2.